The highest BCUT2D eigenvalue weighted by atomic mass is 16.3. The maximum Gasteiger partial charge on any atom is 0.223 e. The van der Waals surface area contributed by atoms with Gasteiger partial charge in [0.2, 0.25) is 5.91 Å². The third kappa shape index (κ3) is 2.16. The lowest BCUT2D eigenvalue weighted by Crippen LogP contribution is -2.38. The standard InChI is InChI=1S/C11H20N2O2/c1-2-12-4-3-10(7-12)13-6-9(8-14)5-11(13)15/h9-10,14H,2-8H2,1H3. The summed E-state index contributed by atoms with van der Waals surface area (Å²) >= 11 is 0. The minimum absolute atomic E-state index is 0.145. The van der Waals surface area contributed by atoms with E-state index in [2.05, 4.69) is 11.8 Å². The Morgan fingerprint density at radius 2 is 2.27 bits per heavy atom. The molecule has 2 rings (SSSR count). The maximum atomic E-state index is 11.7. The number of amides is 1. The van der Waals surface area contributed by atoms with E-state index in [4.69, 9.17) is 5.11 Å². The van der Waals surface area contributed by atoms with Gasteiger partial charge in [-0.15, -0.1) is 0 Å². The molecule has 1 N–H and O–H groups in total. The Hall–Kier alpha value is -0.610. The van der Waals surface area contributed by atoms with Crippen molar-refractivity contribution >= 4 is 5.91 Å². The molecule has 2 fully saturated rings. The van der Waals surface area contributed by atoms with Crippen LogP contribution in [-0.4, -0.2) is 59.6 Å². The Morgan fingerprint density at radius 1 is 1.47 bits per heavy atom. The summed E-state index contributed by atoms with van der Waals surface area (Å²) in [5.74, 6) is 0.408. The van der Waals surface area contributed by atoms with Gasteiger partial charge in [0, 0.05) is 44.6 Å². The molecule has 0 aromatic rings. The number of likely N-dealkylation sites (tertiary alicyclic amines) is 2. The van der Waals surface area contributed by atoms with Gasteiger partial charge in [-0.1, -0.05) is 6.92 Å². The van der Waals surface area contributed by atoms with Gasteiger partial charge in [0.05, 0.1) is 0 Å². The van der Waals surface area contributed by atoms with E-state index in [0.717, 1.165) is 32.6 Å². The minimum Gasteiger partial charge on any atom is -0.396 e. The highest BCUT2D eigenvalue weighted by Crippen LogP contribution is 2.24. The van der Waals surface area contributed by atoms with E-state index in [1.54, 1.807) is 0 Å². The first-order chi connectivity index (χ1) is 7.24. The molecular weight excluding hydrogens is 192 g/mol. The normalized spacial score (nSPS) is 32.9. The number of likely N-dealkylation sites (N-methyl/N-ethyl adjacent to an activating group) is 1. The van der Waals surface area contributed by atoms with E-state index in [-0.39, 0.29) is 18.4 Å². The van der Waals surface area contributed by atoms with Gasteiger partial charge in [-0.3, -0.25) is 4.79 Å². The van der Waals surface area contributed by atoms with Crippen molar-refractivity contribution in [2.24, 2.45) is 5.92 Å². The van der Waals surface area contributed by atoms with E-state index in [9.17, 15) is 4.79 Å². The van der Waals surface area contributed by atoms with E-state index in [1.165, 1.54) is 0 Å². The second-order valence-electron chi connectivity index (χ2n) is 4.63. The van der Waals surface area contributed by atoms with Crippen LogP contribution in [0.1, 0.15) is 19.8 Å². The summed E-state index contributed by atoms with van der Waals surface area (Å²) in [4.78, 5) is 16.1. The summed E-state index contributed by atoms with van der Waals surface area (Å²) in [6.07, 6.45) is 1.64. The second kappa shape index (κ2) is 4.49. The first kappa shape index (κ1) is 10.9. The monoisotopic (exact) mass is 212 g/mol. The van der Waals surface area contributed by atoms with E-state index in [1.807, 2.05) is 4.90 Å². The molecule has 0 aromatic heterocycles. The first-order valence-electron chi connectivity index (χ1n) is 5.87. The molecule has 0 aromatic carbocycles. The highest BCUT2D eigenvalue weighted by Gasteiger charge is 2.36. The number of nitrogens with zero attached hydrogens (tertiary/aromatic N) is 2. The summed E-state index contributed by atoms with van der Waals surface area (Å²) < 4.78 is 0. The summed E-state index contributed by atoms with van der Waals surface area (Å²) in [7, 11) is 0. The predicted molar refractivity (Wildman–Crippen MR) is 57.4 cm³/mol. The highest BCUT2D eigenvalue weighted by molar-refractivity contribution is 5.79. The van der Waals surface area contributed by atoms with Gasteiger partial charge in [-0.05, 0) is 13.0 Å². The molecule has 2 atom stereocenters. The van der Waals surface area contributed by atoms with Crippen LogP contribution in [0.3, 0.4) is 0 Å². The quantitative estimate of drug-likeness (QED) is 0.711. The number of carbonyl (C=O) groups excluding carboxylic acids is 1. The van der Waals surface area contributed by atoms with Crippen LogP contribution < -0.4 is 0 Å². The number of hydrogen-bond acceptors (Lipinski definition) is 3. The molecule has 0 spiro atoms. The fourth-order valence-corrected chi connectivity index (χ4v) is 2.64. The summed E-state index contributed by atoms with van der Waals surface area (Å²) in [5, 5.41) is 9.05. The molecule has 0 bridgehead atoms. The number of aliphatic hydroxyl groups is 1. The molecule has 4 heteroatoms. The molecule has 2 aliphatic heterocycles. The molecule has 4 nitrogen and oxygen atoms in total. The molecule has 0 radical (unpaired) electrons. The van der Waals surface area contributed by atoms with Crippen LogP contribution in [0, 0.1) is 5.92 Å². The molecule has 15 heavy (non-hydrogen) atoms. The maximum absolute atomic E-state index is 11.7. The second-order valence-corrected chi connectivity index (χ2v) is 4.63. The van der Waals surface area contributed by atoms with Crippen molar-refractivity contribution in [2.45, 2.75) is 25.8 Å². The van der Waals surface area contributed by atoms with E-state index < -0.39 is 0 Å². The van der Waals surface area contributed by atoms with Gasteiger partial charge in [0.15, 0.2) is 0 Å². The van der Waals surface area contributed by atoms with Crippen molar-refractivity contribution in [3.05, 3.63) is 0 Å². The fraction of sp³-hybridized carbons (Fsp3) is 0.909. The molecule has 86 valence electrons. The molecule has 1 amide bonds. The molecule has 0 saturated carbocycles. The SMILES string of the molecule is CCN1CCC(N2CC(CO)CC2=O)C1. The number of hydrogen-bond donors (Lipinski definition) is 1. The van der Waals surface area contributed by atoms with E-state index >= 15 is 0 Å². The Balaban J connectivity index is 1.92. The van der Waals surface area contributed by atoms with E-state index in [0.29, 0.717) is 12.5 Å². The van der Waals surface area contributed by atoms with Crippen LogP contribution in [-0.2, 0) is 4.79 Å². The number of aliphatic hydroxyl groups excluding tert-OH is 1. The zero-order valence-corrected chi connectivity index (χ0v) is 9.35. The molecule has 2 aliphatic rings. The van der Waals surface area contributed by atoms with Crippen LogP contribution >= 0.6 is 0 Å². The molecule has 2 heterocycles. The summed E-state index contributed by atoms with van der Waals surface area (Å²) in [6, 6.07) is 0.397. The van der Waals surface area contributed by atoms with Crippen LogP contribution in [0.15, 0.2) is 0 Å². The lowest BCUT2D eigenvalue weighted by molar-refractivity contribution is -0.129. The Labute approximate surface area is 90.9 Å². The first-order valence-corrected chi connectivity index (χ1v) is 5.87. The van der Waals surface area contributed by atoms with Gasteiger partial charge in [-0.25, -0.2) is 0 Å². The fourth-order valence-electron chi connectivity index (χ4n) is 2.64. The van der Waals surface area contributed by atoms with Crippen LogP contribution in [0.25, 0.3) is 0 Å². The van der Waals surface area contributed by atoms with Gasteiger partial charge < -0.3 is 14.9 Å². The Morgan fingerprint density at radius 3 is 2.80 bits per heavy atom. The summed E-state index contributed by atoms with van der Waals surface area (Å²) in [6.45, 7) is 6.26. The summed E-state index contributed by atoms with van der Waals surface area (Å²) in [5.41, 5.74) is 0. The van der Waals surface area contributed by atoms with Crippen molar-refractivity contribution in [1.29, 1.82) is 0 Å². The van der Waals surface area contributed by atoms with Gasteiger partial charge >= 0.3 is 0 Å². The van der Waals surface area contributed by atoms with Crippen LogP contribution in [0.4, 0.5) is 0 Å². The smallest absolute Gasteiger partial charge is 0.223 e. The third-order valence-electron chi connectivity index (χ3n) is 3.63. The minimum atomic E-state index is 0.145. The van der Waals surface area contributed by atoms with Gasteiger partial charge in [0.25, 0.3) is 0 Å². The lowest BCUT2D eigenvalue weighted by atomic mass is 10.1. The predicted octanol–water partition coefficient (Wildman–Crippen LogP) is -0.0786. The molecule has 2 saturated heterocycles. The van der Waals surface area contributed by atoms with Crippen LogP contribution in [0.2, 0.25) is 0 Å². The number of carbonyl (C=O) groups is 1. The van der Waals surface area contributed by atoms with Crippen molar-refractivity contribution in [3.63, 3.8) is 0 Å². The van der Waals surface area contributed by atoms with Gasteiger partial charge in [-0.2, -0.15) is 0 Å². The zero-order chi connectivity index (χ0) is 10.8. The van der Waals surface area contributed by atoms with Crippen molar-refractivity contribution in [3.8, 4) is 0 Å². The third-order valence-corrected chi connectivity index (χ3v) is 3.63. The Bertz CT molecular complexity index is 245. The average Bonchev–Trinajstić information content (AvgIpc) is 2.83. The van der Waals surface area contributed by atoms with Crippen molar-refractivity contribution in [2.75, 3.05) is 32.8 Å². The van der Waals surface area contributed by atoms with Crippen LogP contribution in [0.5, 0.6) is 0 Å². The number of rotatable bonds is 3. The largest absolute Gasteiger partial charge is 0.396 e. The average molecular weight is 212 g/mol. The zero-order valence-electron chi connectivity index (χ0n) is 9.35. The molecule has 0 aliphatic carbocycles. The molecular formula is C11H20N2O2. The van der Waals surface area contributed by atoms with Gasteiger partial charge in [0.1, 0.15) is 0 Å². The molecule has 2 unspecified atom stereocenters. The van der Waals surface area contributed by atoms with Crippen molar-refractivity contribution in [1.82, 2.24) is 9.80 Å². The lowest BCUT2D eigenvalue weighted by Gasteiger charge is -2.24. The topological polar surface area (TPSA) is 43.8 Å². The Kier molecular flexibility index (Phi) is 3.26. The van der Waals surface area contributed by atoms with Crippen molar-refractivity contribution < 1.29 is 9.90 Å².